The van der Waals surface area contributed by atoms with E-state index in [2.05, 4.69) is 0 Å². The summed E-state index contributed by atoms with van der Waals surface area (Å²) >= 11 is 1.30. The van der Waals surface area contributed by atoms with Crippen LogP contribution in [0.2, 0.25) is 0 Å². The Morgan fingerprint density at radius 3 is 2.63 bits per heavy atom. The van der Waals surface area contributed by atoms with Crippen molar-refractivity contribution in [3.05, 3.63) is 0 Å². The van der Waals surface area contributed by atoms with E-state index >= 15 is 0 Å². The summed E-state index contributed by atoms with van der Waals surface area (Å²) in [5.74, 6) is -0.820. The van der Waals surface area contributed by atoms with Gasteiger partial charge in [-0.05, 0) is 19.3 Å². The Bertz CT molecular complexity index is 375. The first kappa shape index (κ1) is 15.8. The third kappa shape index (κ3) is 3.62. The third-order valence-corrected chi connectivity index (χ3v) is 4.46. The van der Waals surface area contributed by atoms with Gasteiger partial charge in [-0.1, -0.05) is 6.92 Å². The van der Waals surface area contributed by atoms with Gasteiger partial charge >= 0.3 is 5.97 Å². The van der Waals surface area contributed by atoms with E-state index in [1.54, 1.807) is 6.92 Å². The molecule has 1 saturated heterocycles. The van der Waals surface area contributed by atoms with Gasteiger partial charge < -0.3 is 15.7 Å². The minimum Gasteiger partial charge on any atom is -0.479 e. The lowest BCUT2D eigenvalue weighted by Gasteiger charge is -2.34. The Balaban J connectivity index is 2.55. The largest absolute Gasteiger partial charge is 0.479 e. The zero-order valence-electron chi connectivity index (χ0n) is 11.1. The summed E-state index contributed by atoms with van der Waals surface area (Å²) in [7, 11) is 0. The van der Waals surface area contributed by atoms with Crippen molar-refractivity contribution in [2.24, 2.45) is 5.73 Å². The molecular formula is C12H20N2O4S. The molecule has 0 saturated carbocycles. The Labute approximate surface area is 116 Å². The molecular weight excluding hydrogens is 268 g/mol. The average molecular weight is 288 g/mol. The van der Waals surface area contributed by atoms with E-state index in [1.165, 1.54) is 16.7 Å². The van der Waals surface area contributed by atoms with Gasteiger partial charge in [0.25, 0.3) is 0 Å². The molecule has 19 heavy (non-hydrogen) atoms. The maximum Gasteiger partial charge on any atom is 0.329 e. The van der Waals surface area contributed by atoms with E-state index in [-0.39, 0.29) is 18.1 Å². The number of nitrogens with zero attached hydrogens (tertiary/aromatic N) is 1. The van der Waals surface area contributed by atoms with Crippen LogP contribution in [-0.4, -0.2) is 51.4 Å². The van der Waals surface area contributed by atoms with Gasteiger partial charge in [0.2, 0.25) is 11.8 Å². The summed E-state index contributed by atoms with van der Waals surface area (Å²) in [6.07, 6.45) is 1.90. The van der Waals surface area contributed by atoms with Crippen molar-refractivity contribution in [2.45, 2.75) is 38.1 Å². The third-order valence-electron chi connectivity index (χ3n) is 3.48. The highest BCUT2D eigenvalue weighted by Gasteiger charge is 2.48. The van der Waals surface area contributed by atoms with Crippen molar-refractivity contribution in [3.63, 3.8) is 0 Å². The molecule has 0 bridgehead atoms. The number of carboxylic acid groups (broad SMARTS) is 1. The first-order valence-electron chi connectivity index (χ1n) is 6.34. The predicted molar refractivity (Wildman–Crippen MR) is 72.7 cm³/mol. The monoisotopic (exact) mass is 288 g/mol. The summed E-state index contributed by atoms with van der Waals surface area (Å²) in [5, 5.41) is 9.37. The van der Waals surface area contributed by atoms with E-state index in [9.17, 15) is 19.5 Å². The van der Waals surface area contributed by atoms with Crippen LogP contribution >= 0.6 is 11.8 Å². The zero-order valence-corrected chi connectivity index (χ0v) is 11.9. The summed E-state index contributed by atoms with van der Waals surface area (Å²) in [4.78, 5) is 35.6. The molecule has 1 rings (SSSR count). The lowest BCUT2D eigenvalue weighted by atomic mass is 9.93. The number of likely N-dealkylation sites (tertiary alicyclic amines) is 1. The molecule has 108 valence electrons. The van der Waals surface area contributed by atoms with E-state index < -0.39 is 17.4 Å². The lowest BCUT2D eigenvalue weighted by Crippen LogP contribution is -2.52. The summed E-state index contributed by atoms with van der Waals surface area (Å²) in [5.41, 5.74) is 3.97. The number of primary amides is 1. The van der Waals surface area contributed by atoms with E-state index in [0.717, 1.165) is 6.42 Å². The van der Waals surface area contributed by atoms with Crippen LogP contribution in [0.5, 0.6) is 0 Å². The van der Waals surface area contributed by atoms with Crippen molar-refractivity contribution in [3.8, 4) is 0 Å². The fourth-order valence-electron chi connectivity index (χ4n) is 2.45. The second-order valence-corrected chi connectivity index (χ2v) is 5.71. The highest BCUT2D eigenvalue weighted by molar-refractivity contribution is 7.99. The van der Waals surface area contributed by atoms with E-state index in [0.29, 0.717) is 25.1 Å². The average Bonchev–Trinajstić information content (AvgIpc) is 2.79. The number of rotatable bonds is 7. The highest BCUT2D eigenvalue weighted by Crippen LogP contribution is 2.33. The van der Waals surface area contributed by atoms with Crippen LogP contribution in [0.4, 0.5) is 0 Å². The van der Waals surface area contributed by atoms with E-state index in [1.807, 2.05) is 0 Å². The molecule has 3 N–H and O–H groups in total. The minimum atomic E-state index is -1.04. The molecule has 6 nitrogen and oxygen atoms in total. The fourth-order valence-corrected chi connectivity index (χ4v) is 3.11. The quantitative estimate of drug-likeness (QED) is 0.662. The maximum absolute atomic E-state index is 12.1. The summed E-state index contributed by atoms with van der Waals surface area (Å²) in [6, 6.07) is 0. The lowest BCUT2D eigenvalue weighted by molar-refractivity contribution is -0.156. The standard InChI is InChI=1S/C12H20N2O4S/c1-2-12(11(17)18)5-3-6-14(12)10(16)4-7-19-8-9(13)15/h2-8H2,1H3,(H2,13,15)(H,17,18). The van der Waals surface area contributed by atoms with Gasteiger partial charge in [0, 0.05) is 18.7 Å². The molecule has 1 aliphatic heterocycles. The van der Waals surface area contributed by atoms with Crippen LogP contribution < -0.4 is 5.73 Å². The second kappa shape index (κ2) is 6.79. The molecule has 0 spiro atoms. The van der Waals surface area contributed by atoms with Crippen LogP contribution in [0.25, 0.3) is 0 Å². The molecule has 1 unspecified atom stereocenters. The van der Waals surface area contributed by atoms with Gasteiger partial charge in [0.15, 0.2) is 0 Å². The van der Waals surface area contributed by atoms with Gasteiger partial charge in [-0.3, -0.25) is 9.59 Å². The van der Waals surface area contributed by atoms with Crippen molar-refractivity contribution in [2.75, 3.05) is 18.1 Å². The van der Waals surface area contributed by atoms with Gasteiger partial charge in [-0.15, -0.1) is 0 Å². The molecule has 1 atom stereocenters. The molecule has 1 fully saturated rings. The molecule has 7 heteroatoms. The van der Waals surface area contributed by atoms with Gasteiger partial charge in [0.05, 0.1) is 5.75 Å². The summed E-state index contributed by atoms with van der Waals surface area (Å²) in [6.45, 7) is 2.29. The number of hydrogen-bond donors (Lipinski definition) is 2. The highest BCUT2D eigenvalue weighted by atomic mass is 32.2. The number of hydrogen-bond acceptors (Lipinski definition) is 4. The van der Waals surface area contributed by atoms with Gasteiger partial charge in [0.1, 0.15) is 5.54 Å². The zero-order chi connectivity index (χ0) is 14.5. The molecule has 0 radical (unpaired) electrons. The van der Waals surface area contributed by atoms with Crippen LogP contribution in [0, 0.1) is 0 Å². The molecule has 1 heterocycles. The topological polar surface area (TPSA) is 101 Å². The number of carboxylic acids is 1. The van der Waals surface area contributed by atoms with Crippen molar-refractivity contribution < 1.29 is 19.5 Å². The number of nitrogens with two attached hydrogens (primary N) is 1. The number of carbonyl (C=O) groups excluding carboxylic acids is 2. The second-order valence-electron chi connectivity index (χ2n) is 4.61. The van der Waals surface area contributed by atoms with Crippen molar-refractivity contribution in [1.29, 1.82) is 0 Å². The predicted octanol–water partition coefficient (Wildman–Crippen LogP) is 0.451. The first-order valence-corrected chi connectivity index (χ1v) is 7.49. The Morgan fingerprint density at radius 2 is 2.11 bits per heavy atom. The number of carbonyl (C=O) groups is 3. The first-order chi connectivity index (χ1) is 8.94. The van der Waals surface area contributed by atoms with Crippen LogP contribution in [0.15, 0.2) is 0 Å². The number of thioether (sulfide) groups is 1. The van der Waals surface area contributed by atoms with Gasteiger partial charge in [-0.25, -0.2) is 4.79 Å². The smallest absolute Gasteiger partial charge is 0.329 e. The van der Waals surface area contributed by atoms with Gasteiger partial charge in [-0.2, -0.15) is 11.8 Å². The Kier molecular flexibility index (Phi) is 5.65. The van der Waals surface area contributed by atoms with Crippen LogP contribution in [0.3, 0.4) is 0 Å². The van der Waals surface area contributed by atoms with Crippen LogP contribution in [-0.2, 0) is 14.4 Å². The molecule has 2 amide bonds. The SMILES string of the molecule is CCC1(C(=O)O)CCCN1C(=O)CCSCC(N)=O. The maximum atomic E-state index is 12.1. The fraction of sp³-hybridized carbons (Fsp3) is 0.750. The number of aliphatic carboxylic acids is 1. The van der Waals surface area contributed by atoms with E-state index in [4.69, 9.17) is 5.73 Å². The Morgan fingerprint density at radius 1 is 1.42 bits per heavy atom. The summed E-state index contributed by atoms with van der Waals surface area (Å²) < 4.78 is 0. The molecule has 0 aromatic carbocycles. The Hall–Kier alpha value is -1.24. The molecule has 0 aromatic heterocycles. The van der Waals surface area contributed by atoms with Crippen molar-refractivity contribution >= 4 is 29.5 Å². The molecule has 0 aromatic rings. The number of amides is 2. The normalized spacial score (nSPS) is 22.5. The molecule has 1 aliphatic rings. The minimum absolute atomic E-state index is 0.154. The molecule has 0 aliphatic carbocycles. The van der Waals surface area contributed by atoms with Crippen LogP contribution in [0.1, 0.15) is 32.6 Å². The van der Waals surface area contributed by atoms with Crippen molar-refractivity contribution in [1.82, 2.24) is 4.90 Å².